The first-order valence-electron chi connectivity index (χ1n) is 10.9. The second-order valence-electron chi connectivity index (χ2n) is 7.70. The minimum absolute atomic E-state index is 0.121. The van der Waals surface area contributed by atoms with Crippen LogP contribution in [0.5, 0.6) is 0 Å². The van der Waals surface area contributed by atoms with Crippen LogP contribution >= 0.6 is 0 Å². The predicted molar refractivity (Wildman–Crippen MR) is 125 cm³/mol. The summed E-state index contributed by atoms with van der Waals surface area (Å²) in [6.45, 7) is 0.306. The molecule has 35 heavy (non-hydrogen) atoms. The fourth-order valence-corrected chi connectivity index (χ4v) is 3.46. The Morgan fingerprint density at radius 3 is 1.63 bits per heavy atom. The molecule has 0 aliphatic rings. The van der Waals surface area contributed by atoms with Crippen LogP contribution in [-0.4, -0.2) is 7.32 Å². The van der Waals surface area contributed by atoms with E-state index in [-0.39, 0.29) is 25.4 Å². The lowest BCUT2D eigenvalue weighted by atomic mass is 9.98. The Balaban J connectivity index is 1.52. The monoisotopic (exact) mass is 480 g/mol. The van der Waals surface area contributed by atoms with Gasteiger partial charge in [0.15, 0.2) is 23.3 Å². The molecular formula is C27H21BF4O3. The topological polar surface area (TPSA) is 27.7 Å². The first-order chi connectivity index (χ1) is 17.0. The molecule has 8 heteroatoms. The van der Waals surface area contributed by atoms with Crippen LogP contribution in [0.15, 0.2) is 91.0 Å². The molecule has 4 rings (SSSR count). The molecule has 0 heterocycles. The Bertz CT molecular complexity index is 1210. The van der Waals surface area contributed by atoms with Gasteiger partial charge in [0.2, 0.25) is 0 Å². The van der Waals surface area contributed by atoms with Gasteiger partial charge in [-0.25, -0.2) is 17.6 Å². The summed E-state index contributed by atoms with van der Waals surface area (Å²) in [5.74, 6) is -6.69. The molecule has 0 radical (unpaired) electrons. The first kappa shape index (κ1) is 24.7. The van der Waals surface area contributed by atoms with Gasteiger partial charge in [-0.15, -0.1) is 0 Å². The van der Waals surface area contributed by atoms with Crippen molar-refractivity contribution in [2.75, 3.05) is 0 Å². The van der Waals surface area contributed by atoms with Crippen molar-refractivity contribution in [1.29, 1.82) is 0 Å². The van der Waals surface area contributed by atoms with Crippen molar-refractivity contribution in [2.24, 2.45) is 0 Å². The van der Waals surface area contributed by atoms with E-state index in [1.54, 1.807) is 18.2 Å². The van der Waals surface area contributed by atoms with E-state index >= 15 is 0 Å². The van der Waals surface area contributed by atoms with Crippen molar-refractivity contribution in [3.05, 3.63) is 131 Å². The number of hydrogen-bond donors (Lipinski definition) is 0. The van der Waals surface area contributed by atoms with Gasteiger partial charge >= 0.3 is 7.32 Å². The van der Waals surface area contributed by atoms with E-state index in [4.69, 9.17) is 14.0 Å². The maximum atomic E-state index is 14.5. The molecule has 0 unspecified atom stereocenters. The SMILES string of the molecule is Fc1cc(-c2ccccc2COB(OCc2ccccc2)OCc2ccccc2)c(F)c(F)c1F. The summed E-state index contributed by atoms with van der Waals surface area (Å²) in [6, 6.07) is 25.8. The molecule has 4 aromatic rings. The van der Waals surface area contributed by atoms with Crippen molar-refractivity contribution in [1.82, 2.24) is 0 Å². The molecular weight excluding hydrogens is 459 g/mol. The molecule has 0 spiro atoms. The fourth-order valence-electron chi connectivity index (χ4n) is 3.46. The lowest BCUT2D eigenvalue weighted by molar-refractivity contribution is 0.0767. The molecule has 0 saturated heterocycles. The second-order valence-corrected chi connectivity index (χ2v) is 7.70. The highest BCUT2D eigenvalue weighted by Crippen LogP contribution is 2.31. The van der Waals surface area contributed by atoms with E-state index in [2.05, 4.69) is 0 Å². The Kier molecular flexibility index (Phi) is 8.31. The third-order valence-electron chi connectivity index (χ3n) is 5.24. The van der Waals surface area contributed by atoms with Crippen molar-refractivity contribution in [3.8, 4) is 11.1 Å². The smallest absolute Gasteiger partial charge is 0.382 e. The molecule has 0 N–H and O–H groups in total. The molecule has 0 fully saturated rings. The molecule has 178 valence electrons. The van der Waals surface area contributed by atoms with Crippen LogP contribution in [0.25, 0.3) is 11.1 Å². The summed E-state index contributed by atoms with van der Waals surface area (Å²) >= 11 is 0. The fraction of sp³-hybridized carbons (Fsp3) is 0.111. The largest absolute Gasteiger partial charge is 0.640 e. The molecule has 0 aliphatic heterocycles. The third-order valence-corrected chi connectivity index (χ3v) is 5.24. The second kappa shape index (κ2) is 11.8. The van der Waals surface area contributed by atoms with E-state index in [0.29, 0.717) is 11.6 Å². The minimum atomic E-state index is -1.87. The summed E-state index contributed by atoms with van der Waals surface area (Å²) < 4.78 is 73.0. The zero-order chi connectivity index (χ0) is 24.6. The maximum Gasteiger partial charge on any atom is 0.640 e. The Morgan fingerprint density at radius 2 is 1.03 bits per heavy atom. The van der Waals surface area contributed by atoms with Gasteiger partial charge in [0.1, 0.15) is 0 Å². The number of halogens is 4. The molecule has 4 aromatic carbocycles. The minimum Gasteiger partial charge on any atom is -0.382 e. The van der Waals surface area contributed by atoms with Gasteiger partial charge in [0, 0.05) is 5.56 Å². The summed E-state index contributed by atoms with van der Waals surface area (Å²) in [4.78, 5) is 0. The third kappa shape index (κ3) is 6.36. The first-order valence-corrected chi connectivity index (χ1v) is 10.9. The van der Waals surface area contributed by atoms with Gasteiger partial charge < -0.3 is 14.0 Å². The normalized spacial score (nSPS) is 11.0. The molecule has 0 aromatic heterocycles. The van der Waals surface area contributed by atoms with Crippen molar-refractivity contribution in [2.45, 2.75) is 19.8 Å². The van der Waals surface area contributed by atoms with Crippen LogP contribution in [-0.2, 0) is 33.8 Å². The van der Waals surface area contributed by atoms with Gasteiger partial charge in [-0.3, -0.25) is 0 Å². The zero-order valence-corrected chi connectivity index (χ0v) is 18.6. The van der Waals surface area contributed by atoms with Crippen molar-refractivity contribution >= 4 is 7.32 Å². The van der Waals surface area contributed by atoms with Crippen LogP contribution in [0.1, 0.15) is 16.7 Å². The molecule has 0 bridgehead atoms. The standard InChI is InChI=1S/C27H21BF4O3/c29-24-15-23(25(30)27(32)26(24)31)22-14-8-7-13-21(22)18-35-28(33-16-19-9-3-1-4-10-19)34-17-20-11-5-2-6-12-20/h1-15H,16-18H2. The van der Waals surface area contributed by atoms with E-state index in [1.807, 2.05) is 60.7 Å². The number of benzene rings is 4. The van der Waals surface area contributed by atoms with E-state index in [1.165, 1.54) is 6.07 Å². The van der Waals surface area contributed by atoms with Crippen molar-refractivity contribution in [3.63, 3.8) is 0 Å². The summed E-state index contributed by atoms with van der Waals surface area (Å²) in [5.41, 5.74) is 1.97. The van der Waals surface area contributed by atoms with Crippen molar-refractivity contribution < 1.29 is 31.5 Å². The highest BCUT2D eigenvalue weighted by atomic mass is 19.2. The van der Waals surface area contributed by atoms with E-state index in [9.17, 15) is 17.6 Å². The van der Waals surface area contributed by atoms with Crippen LogP contribution in [0, 0.1) is 23.3 Å². The summed E-state index contributed by atoms with van der Waals surface area (Å²) in [6.07, 6.45) is 0. The van der Waals surface area contributed by atoms with Gasteiger partial charge in [0.05, 0.1) is 19.8 Å². The summed E-state index contributed by atoms with van der Waals surface area (Å²) in [5, 5.41) is 0. The zero-order valence-electron chi connectivity index (χ0n) is 18.6. The molecule has 3 nitrogen and oxygen atoms in total. The highest BCUT2D eigenvalue weighted by Gasteiger charge is 2.24. The Morgan fingerprint density at radius 1 is 0.514 bits per heavy atom. The predicted octanol–water partition coefficient (Wildman–Crippen LogP) is 6.85. The molecule has 0 amide bonds. The highest BCUT2D eigenvalue weighted by molar-refractivity contribution is 6.36. The average Bonchev–Trinajstić information content (AvgIpc) is 2.90. The Labute approximate surface area is 201 Å². The summed E-state index contributed by atoms with van der Waals surface area (Å²) in [7, 11) is -1.09. The lowest BCUT2D eigenvalue weighted by Crippen LogP contribution is -2.27. The Hall–Kier alpha value is -3.46. The van der Waals surface area contributed by atoms with Gasteiger partial charge in [-0.05, 0) is 28.3 Å². The molecule has 0 aliphatic carbocycles. The van der Waals surface area contributed by atoms with Crippen LogP contribution < -0.4 is 0 Å². The van der Waals surface area contributed by atoms with Gasteiger partial charge in [-0.2, -0.15) is 0 Å². The van der Waals surface area contributed by atoms with Crippen LogP contribution in [0.4, 0.5) is 17.6 Å². The number of rotatable bonds is 10. The molecule has 0 atom stereocenters. The van der Waals surface area contributed by atoms with Gasteiger partial charge in [-0.1, -0.05) is 84.9 Å². The van der Waals surface area contributed by atoms with Crippen LogP contribution in [0.2, 0.25) is 0 Å². The quantitative estimate of drug-likeness (QED) is 0.108. The van der Waals surface area contributed by atoms with E-state index < -0.39 is 36.2 Å². The van der Waals surface area contributed by atoms with Crippen LogP contribution in [0.3, 0.4) is 0 Å². The molecule has 0 saturated carbocycles. The average molecular weight is 480 g/mol. The maximum absolute atomic E-state index is 14.5. The number of hydrogen-bond acceptors (Lipinski definition) is 3. The van der Waals surface area contributed by atoms with E-state index in [0.717, 1.165) is 11.1 Å². The van der Waals surface area contributed by atoms with Gasteiger partial charge in [0.25, 0.3) is 0 Å². The lowest BCUT2D eigenvalue weighted by Gasteiger charge is -2.17.